The summed E-state index contributed by atoms with van der Waals surface area (Å²) in [5.41, 5.74) is 3.81. The van der Waals surface area contributed by atoms with E-state index in [4.69, 9.17) is 0 Å². The number of nitrogens with one attached hydrogen (secondary N) is 2. The largest absolute Gasteiger partial charge is 0.367 e. The highest BCUT2D eigenvalue weighted by Gasteiger charge is 2.57. The van der Waals surface area contributed by atoms with Crippen molar-refractivity contribution in [3.63, 3.8) is 0 Å². The van der Waals surface area contributed by atoms with Crippen molar-refractivity contribution in [1.29, 1.82) is 0 Å². The van der Waals surface area contributed by atoms with Crippen LogP contribution in [0.5, 0.6) is 0 Å². The molecule has 0 amide bonds. The summed E-state index contributed by atoms with van der Waals surface area (Å²) in [6, 6.07) is 12.5. The van der Waals surface area contributed by atoms with Crippen LogP contribution in [-0.4, -0.2) is 24.2 Å². The summed E-state index contributed by atoms with van der Waals surface area (Å²) in [5.74, 6) is 3.72. The van der Waals surface area contributed by atoms with Gasteiger partial charge in [0.25, 0.3) is 0 Å². The summed E-state index contributed by atoms with van der Waals surface area (Å²) in [5, 5.41) is 4.55. The van der Waals surface area contributed by atoms with Crippen LogP contribution in [0.3, 0.4) is 0 Å². The molecule has 34 heavy (non-hydrogen) atoms. The molecule has 7 rings (SSSR count). The number of hydrogen-bond donors (Lipinski definition) is 2. The summed E-state index contributed by atoms with van der Waals surface area (Å²) in [6.45, 7) is 7.51. The lowest BCUT2D eigenvalue weighted by Crippen LogP contribution is -2.56. The van der Waals surface area contributed by atoms with E-state index in [-0.39, 0.29) is 0 Å². The van der Waals surface area contributed by atoms with Crippen LogP contribution in [0.4, 0.5) is 0 Å². The fourth-order valence-corrected chi connectivity index (χ4v) is 12.4. The van der Waals surface area contributed by atoms with Gasteiger partial charge in [-0.1, -0.05) is 43.0 Å². The Morgan fingerprint density at radius 3 is 2.12 bits per heavy atom. The summed E-state index contributed by atoms with van der Waals surface area (Å²) < 4.78 is 0. The van der Waals surface area contributed by atoms with Gasteiger partial charge in [-0.2, -0.15) is 0 Å². The molecule has 180 valence electrons. The minimum absolute atomic E-state index is 0.404. The zero-order valence-corrected chi connectivity index (χ0v) is 24.0. The van der Waals surface area contributed by atoms with E-state index < -0.39 is 16.0 Å². The van der Waals surface area contributed by atoms with E-state index in [0.29, 0.717) is 5.41 Å². The van der Waals surface area contributed by atoms with E-state index in [9.17, 15) is 0 Å². The monoisotopic (exact) mass is 506 g/mol. The normalized spacial score (nSPS) is 30.4. The molecule has 4 saturated carbocycles. The van der Waals surface area contributed by atoms with Gasteiger partial charge in [-0.25, -0.2) is 0 Å². The van der Waals surface area contributed by atoms with E-state index in [2.05, 4.69) is 94.0 Å². The number of H-pyrrole nitrogens is 2. The van der Waals surface area contributed by atoms with Gasteiger partial charge in [-0.05, 0) is 109 Å². The molecule has 2 heterocycles. The SMILES string of the molecule is C[Si](C)(C)c1ccc(C23CC4CC(CC(C4)C2CP)C3)c(CP(c2cc[nH]c2)c2cc[nH]c2)c1. The van der Waals surface area contributed by atoms with Crippen molar-refractivity contribution >= 4 is 41.0 Å². The van der Waals surface area contributed by atoms with Gasteiger partial charge >= 0.3 is 0 Å². The summed E-state index contributed by atoms with van der Waals surface area (Å²) >= 11 is 0. The van der Waals surface area contributed by atoms with Crippen molar-refractivity contribution in [2.45, 2.75) is 63.3 Å². The number of aromatic nitrogens is 2. The van der Waals surface area contributed by atoms with Crippen LogP contribution in [0.1, 0.15) is 43.2 Å². The van der Waals surface area contributed by atoms with Crippen LogP contribution < -0.4 is 15.8 Å². The second kappa shape index (κ2) is 8.76. The predicted molar refractivity (Wildman–Crippen MR) is 154 cm³/mol. The molecule has 2 N–H and O–H groups in total. The molecule has 4 unspecified atom stereocenters. The third-order valence-corrected chi connectivity index (χ3v) is 14.4. The van der Waals surface area contributed by atoms with Gasteiger partial charge in [0.05, 0.1) is 8.07 Å². The molecule has 3 aromatic rings. The first kappa shape index (κ1) is 23.3. The lowest BCUT2D eigenvalue weighted by atomic mass is 9.43. The molecule has 1 aromatic carbocycles. The van der Waals surface area contributed by atoms with Gasteiger partial charge in [-0.15, -0.1) is 9.24 Å². The quantitative estimate of drug-likeness (QED) is 0.287. The first-order valence-corrected chi connectivity index (χ1v) is 19.1. The highest BCUT2D eigenvalue weighted by Crippen LogP contribution is 2.64. The summed E-state index contributed by atoms with van der Waals surface area (Å²) in [7, 11) is 1.34. The van der Waals surface area contributed by atoms with E-state index in [1.807, 2.05) is 0 Å². The zero-order valence-electron chi connectivity index (χ0n) is 21.0. The third-order valence-electron chi connectivity index (χ3n) is 9.40. The molecular weight excluding hydrogens is 466 g/mol. The molecule has 5 heteroatoms. The number of hydrogen-bond acceptors (Lipinski definition) is 0. The zero-order chi connectivity index (χ0) is 23.5. The average Bonchev–Trinajstić information content (AvgIpc) is 3.51. The van der Waals surface area contributed by atoms with Gasteiger partial charge in [0, 0.05) is 30.9 Å². The fourth-order valence-electron chi connectivity index (χ4n) is 8.13. The number of aromatic amines is 2. The second-order valence-electron chi connectivity index (χ2n) is 12.5. The highest BCUT2D eigenvalue weighted by molar-refractivity contribution is 7.72. The van der Waals surface area contributed by atoms with Crippen LogP contribution in [0.15, 0.2) is 55.1 Å². The molecule has 2 nitrogen and oxygen atoms in total. The van der Waals surface area contributed by atoms with Gasteiger partial charge in [0.2, 0.25) is 0 Å². The Labute approximate surface area is 210 Å². The van der Waals surface area contributed by atoms with Crippen LogP contribution in [0.2, 0.25) is 19.6 Å². The van der Waals surface area contributed by atoms with Crippen molar-refractivity contribution in [3.8, 4) is 0 Å². The van der Waals surface area contributed by atoms with Gasteiger partial charge in [-0.3, -0.25) is 0 Å². The Bertz CT molecular complexity index is 1080. The second-order valence-corrected chi connectivity index (χ2v) is 20.2. The Hall–Kier alpha value is -1.14. The first-order valence-electron chi connectivity index (χ1n) is 13.2. The Kier molecular flexibility index (Phi) is 5.99. The predicted octanol–water partition coefficient (Wildman–Crippen LogP) is 6.09. The van der Waals surface area contributed by atoms with Crippen LogP contribution in [0, 0.1) is 23.7 Å². The standard InChI is InChI=1S/C29H40N2P2Si/c1-34(2,3)26-4-5-27(29-14-20-10-21(15-29)12-22(11-20)28(29)18-32)23(13-26)19-33(24-6-8-30-16-24)25-7-9-31-17-25/h4-9,13,16-17,20-22,28,30-31H,10-12,14-15,18-19,32H2,1-3H3. The molecular formula is C29H40N2P2Si. The highest BCUT2D eigenvalue weighted by atomic mass is 31.1. The molecule has 4 atom stereocenters. The molecule has 4 fully saturated rings. The van der Waals surface area contributed by atoms with Crippen molar-refractivity contribution in [1.82, 2.24) is 9.97 Å². The van der Waals surface area contributed by atoms with E-state index in [1.54, 1.807) is 16.3 Å². The number of rotatable bonds is 7. The maximum Gasteiger partial charge on any atom is 0.0776 e. The Balaban J connectivity index is 1.49. The van der Waals surface area contributed by atoms with E-state index in [0.717, 1.165) is 29.8 Å². The van der Waals surface area contributed by atoms with Crippen molar-refractivity contribution in [3.05, 3.63) is 66.2 Å². The number of benzene rings is 1. The smallest absolute Gasteiger partial charge is 0.0776 e. The molecule has 0 aliphatic heterocycles. The minimum atomic E-state index is -1.39. The fraction of sp³-hybridized carbons (Fsp3) is 0.517. The minimum Gasteiger partial charge on any atom is -0.367 e. The molecule has 4 aliphatic rings. The lowest BCUT2D eigenvalue weighted by Gasteiger charge is -2.62. The Morgan fingerprint density at radius 1 is 0.941 bits per heavy atom. The topological polar surface area (TPSA) is 31.6 Å². The molecule has 4 bridgehead atoms. The van der Waals surface area contributed by atoms with Gasteiger partial charge < -0.3 is 9.97 Å². The van der Waals surface area contributed by atoms with Crippen LogP contribution in [-0.2, 0) is 11.6 Å². The van der Waals surface area contributed by atoms with Crippen molar-refractivity contribution in [2.75, 3.05) is 6.16 Å². The first-order chi connectivity index (χ1) is 16.4. The summed E-state index contributed by atoms with van der Waals surface area (Å²) in [4.78, 5) is 6.69. The van der Waals surface area contributed by atoms with E-state index in [1.165, 1.54) is 48.9 Å². The average molecular weight is 507 g/mol. The molecule has 0 radical (unpaired) electrons. The molecule has 0 saturated heterocycles. The molecule has 4 aliphatic carbocycles. The third kappa shape index (κ3) is 3.91. The van der Waals surface area contributed by atoms with Crippen LogP contribution in [0.25, 0.3) is 0 Å². The maximum atomic E-state index is 3.34. The maximum absolute atomic E-state index is 3.34. The molecule has 0 spiro atoms. The lowest BCUT2D eigenvalue weighted by molar-refractivity contribution is -0.0520. The van der Waals surface area contributed by atoms with Gasteiger partial charge in [0.1, 0.15) is 0 Å². The van der Waals surface area contributed by atoms with Gasteiger partial charge in [0.15, 0.2) is 0 Å². The van der Waals surface area contributed by atoms with Crippen LogP contribution >= 0.6 is 17.2 Å². The molecule has 2 aromatic heterocycles. The van der Waals surface area contributed by atoms with E-state index >= 15 is 0 Å². The van der Waals surface area contributed by atoms with Crippen molar-refractivity contribution < 1.29 is 0 Å². The Morgan fingerprint density at radius 2 is 1.59 bits per heavy atom. The van der Waals surface area contributed by atoms with Crippen molar-refractivity contribution in [2.24, 2.45) is 23.7 Å². The summed E-state index contributed by atoms with van der Waals surface area (Å²) in [6.07, 6.45) is 18.5.